The Balaban J connectivity index is 1.60. The molecule has 1 aliphatic rings. The van der Waals surface area contributed by atoms with Gasteiger partial charge in [0.1, 0.15) is 11.5 Å². The second kappa shape index (κ2) is 6.45. The quantitative estimate of drug-likeness (QED) is 0.767. The van der Waals surface area contributed by atoms with E-state index in [1.54, 1.807) is 6.07 Å². The van der Waals surface area contributed by atoms with Gasteiger partial charge in [0.05, 0.1) is 24.5 Å². The van der Waals surface area contributed by atoms with Crippen molar-refractivity contribution in [3.05, 3.63) is 83.8 Å². The number of carbonyl (C=O) groups excluding carboxylic acids is 1. The highest BCUT2D eigenvalue weighted by molar-refractivity contribution is 5.89. The molecule has 0 aliphatic carbocycles. The number of amides is 1. The molecule has 2 heterocycles. The predicted octanol–water partition coefficient (Wildman–Crippen LogP) is 3.37. The summed E-state index contributed by atoms with van der Waals surface area (Å²) in [5, 5.41) is 13.0. The maximum atomic E-state index is 12.9. The second-order valence-electron chi connectivity index (χ2n) is 5.93. The van der Waals surface area contributed by atoms with Gasteiger partial charge in [0, 0.05) is 23.2 Å². The molecule has 4 rings (SSSR count). The standard InChI is InChI=1S/C20H17NO4/c22-16(13-9-10-24-12-13)11-21-20(23)19-14-5-1-3-7-17(14)25-18-8-4-2-6-15(18)19/h1-10,12,16,19,22H,11H2,(H,21,23). The van der Waals surface area contributed by atoms with E-state index < -0.39 is 12.0 Å². The topological polar surface area (TPSA) is 71.7 Å². The molecule has 5 heteroatoms. The summed E-state index contributed by atoms with van der Waals surface area (Å²) >= 11 is 0. The molecular formula is C20H17NO4. The number of para-hydroxylation sites is 2. The van der Waals surface area contributed by atoms with Crippen molar-refractivity contribution in [2.75, 3.05) is 6.54 Å². The highest BCUT2D eigenvalue weighted by Crippen LogP contribution is 2.43. The molecule has 5 nitrogen and oxygen atoms in total. The maximum Gasteiger partial charge on any atom is 0.232 e. The van der Waals surface area contributed by atoms with Crippen LogP contribution in [0, 0.1) is 0 Å². The van der Waals surface area contributed by atoms with Crippen molar-refractivity contribution in [1.29, 1.82) is 0 Å². The van der Waals surface area contributed by atoms with Gasteiger partial charge < -0.3 is 19.6 Å². The first-order valence-corrected chi connectivity index (χ1v) is 8.07. The number of aliphatic hydroxyl groups excluding tert-OH is 1. The van der Waals surface area contributed by atoms with Crippen molar-refractivity contribution in [2.45, 2.75) is 12.0 Å². The number of nitrogens with one attached hydrogen (secondary N) is 1. The van der Waals surface area contributed by atoms with Gasteiger partial charge in [-0.15, -0.1) is 0 Å². The van der Waals surface area contributed by atoms with Gasteiger partial charge in [-0.2, -0.15) is 0 Å². The average molecular weight is 335 g/mol. The highest BCUT2D eigenvalue weighted by Gasteiger charge is 2.32. The zero-order chi connectivity index (χ0) is 17.2. The van der Waals surface area contributed by atoms with Crippen LogP contribution in [0.3, 0.4) is 0 Å². The Kier molecular flexibility index (Phi) is 3.99. The van der Waals surface area contributed by atoms with Crippen molar-refractivity contribution in [1.82, 2.24) is 5.32 Å². The van der Waals surface area contributed by atoms with Crippen LogP contribution in [0.1, 0.15) is 28.7 Å². The molecule has 1 atom stereocenters. The summed E-state index contributed by atoms with van der Waals surface area (Å²) in [5.41, 5.74) is 2.26. The van der Waals surface area contributed by atoms with E-state index in [2.05, 4.69) is 5.32 Å². The lowest BCUT2D eigenvalue weighted by molar-refractivity contribution is -0.122. The Morgan fingerprint density at radius 3 is 2.28 bits per heavy atom. The van der Waals surface area contributed by atoms with Gasteiger partial charge in [-0.1, -0.05) is 36.4 Å². The highest BCUT2D eigenvalue weighted by atomic mass is 16.5. The van der Waals surface area contributed by atoms with Crippen LogP contribution < -0.4 is 10.1 Å². The molecule has 1 unspecified atom stereocenters. The Labute approximate surface area is 144 Å². The molecule has 0 saturated carbocycles. The molecule has 0 bridgehead atoms. The summed E-state index contributed by atoms with van der Waals surface area (Å²) in [6, 6.07) is 16.7. The maximum absolute atomic E-state index is 12.9. The predicted molar refractivity (Wildman–Crippen MR) is 91.5 cm³/mol. The molecule has 1 aliphatic heterocycles. The van der Waals surface area contributed by atoms with Crippen LogP contribution in [0.15, 0.2) is 71.5 Å². The van der Waals surface area contributed by atoms with Gasteiger partial charge in [0.25, 0.3) is 0 Å². The summed E-state index contributed by atoms with van der Waals surface area (Å²) in [5.74, 6) is 0.705. The van der Waals surface area contributed by atoms with Crippen molar-refractivity contribution in [2.24, 2.45) is 0 Å². The minimum atomic E-state index is -0.812. The van der Waals surface area contributed by atoms with E-state index >= 15 is 0 Å². The summed E-state index contributed by atoms with van der Waals surface area (Å²) in [7, 11) is 0. The van der Waals surface area contributed by atoms with E-state index in [4.69, 9.17) is 9.15 Å². The molecule has 1 aromatic heterocycles. The van der Waals surface area contributed by atoms with Crippen LogP contribution in [0.2, 0.25) is 0 Å². The fourth-order valence-electron chi connectivity index (χ4n) is 3.07. The summed E-state index contributed by atoms with van der Waals surface area (Å²) in [6.07, 6.45) is 2.15. The van der Waals surface area contributed by atoms with Crippen molar-refractivity contribution in [3.8, 4) is 11.5 Å². The lowest BCUT2D eigenvalue weighted by Gasteiger charge is -2.27. The van der Waals surface area contributed by atoms with Crippen LogP contribution in [-0.2, 0) is 4.79 Å². The average Bonchev–Trinajstić information content (AvgIpc) is 3.18. The number of hydrogen-bond donors (Lipinski definition) is 2. The number of benzene rings is 2. The first kappa shape index (κ1) is 15.5. The van der Waals surface area contributed by atoms with Crippen molar-refractivity contribution >= 4 is 5.91 Å². The number of furan rings is 1. The van der Waals surface area contributed by atoms with Gasteiger partial charge in [-0.25, -0.2) is 0 Å². The number of ether oxygens (including phenoxy) is 1. The smallest absolute Gasteiger partial charge is 0.232 e. The first-order chi connectivity index (χ1) is 12.2. The SMILES string of the molecule is O=C(NCC(O)c1ccoc1)C1c2ccccc2Oc2ccccc21. The number of hydrogen-bond acceptors (Lipinski definition) is 4. The second-order valence-corrected chi connectivity index (χ2v) is 5.93. The van der Waals surface area contributed by atoms with Crippen LogP contribution in [-0.4, -0.2) is 17.6 Å². The summed E-state index contributed by atoms with van der Waals surface area (Å²) in [4.78, 5) is 12.9. The lowest BCUT2D eigenvalue weighted by atomic mass is 9.87. The third-order valence-electron chi connectivity index (χ3n) is 4.34. The van der Waals surface area contributed by atoms with E-state index in [0.717, 1.165) is 11.1 Å². The molecule has 3 aromatic rings. The lowest BCUT2D eigenvalue weighted by Crippen LogP contribution is -2.34. The Morgan fingerprint density at radius 1 is 1.04 bits per heavy atom. The molecule has 2 N–H and O–H groups in total. The van der Waals surface area contributed by atoms with E-state index in [1.165, 1.54) is 12.5 Å². The summed E-state index contributed by atoms with van der Waals surface area (Å²) in [6.45, 7) is 0.111. The Morgan fingerprint density at radius 2 is 1.68 bits per heavy atom. The molecule has 0 fully saturated rings. The van der Waals surface area contributed by atoms with Gasteiger partial charge >= 0.3 is 0 Å². The summed E-state index contributed by atoms with van der Waals surface area (Å²) < 4.78 is 10.9. The van der Waals surface area contributed by atoms with Crippen molar-refractivity contribution < 1.29 is 19.1 Å². The van der Waals surface area contributed by atoms with Crippen LogP contribution in [0.25, 0.3) is 0 Å². The van der Waals surface area contributed by atoms with Crippen molar-refractivity contribution in [3.63, 3.8) is 0 Å². The molecule has 2 aromatic carbocycles. The molecule has 25 heavy (non-hydrogen) atoms. The molecule has 126 valence electrons. The minimum absolute atomic E-state index is 0.111. The first-order valence-electron chi connectivity index (χ1n) is 8.07. The van der Waals surface area contributed by atoms with E-state index in [1.807, 2.05) is 48.5 Å². The van der Waals surface area contributed by atoms with Gasteiger partial charge in [0.2, 0.25) is 5.91 Å². The number of rotatable bonds is 4. The zero-order valence-electron chi connectivity index (χ0n) is 13.4. The molecule has 1 amide bonds. The Hall–Kier alpha value is -3.05. The van der Waals surface area contributed by atoms with E-state index in [0.29, 0.717) is 17.1 Å². The fraction of sp³-hybridized carbons (Fsp3) is 0.150. The molecule has 0 saturated heterocycles. The Bertz CT molecular complexity index is 843. The normalized spacial score (nSPS) is 14.1. The fourth-order valence-corrected chi connectivity index (χ4v) is 3.07. The van der Waals surface area contributed by atoms with Crippen LogP contribution in [0.5, 0.6) is 11.5 Å². The van der Waals surface area contributed by atoms with E-state index in [-0.39, 0.29) is 12.5 Å². The molecule has 0 spiro atoms. The van der Waals surface area contributed by atoms with Crippen LogP contribution >= 0.6 is 0 Å². The van der Waals surface area contributed by atoms with Gasteiger partial charge in [0.15, 0.2) is 0 Å². The molecular weight excluding hydrogens is 318 g/mol. The van der Waals surface area contributed by atoms with Gasteiger partial charge in [-0.05, 0) is 18.2 Å². The minimum Gasteiger partial charge on any atom is -0.472 e. The third kappa shape index (κ3) is 2.90. The number of fused-ring (bicyclic) bond motifs is 2. The molecule has 0 radical (unpaired) electrons. The largest absolute Gasteiger partial charge is 0.472 e. The van der Waals surface area contributed by atoms with Crippen LogP contribution in [0.4, 0.5) is 0 Å². The monoisotopic (exact) mass is 335 g/mol. The van der Waals surface area contributed by atoms with Gasteiger partial charge in [-0.3, -0.25) is 4.79 Å². The third-order valence-corrected chi connectivity index (χ3v) is 4.34. The number of aliphatic hydroxyl groups is 1. The number of carbonyl (C=O) groups is 1. The van der Waals surface area contributed by atoms with E-state index in [9.17, 15) is 9.90 Å². The zero-order valence-corrected chi connectivity index (χ0v) is 13.4.